The number of primary amides is 1. The average molecular weight is 449 g/mol. The molecule has 168 valence electrons. The Labute approximate surface area is 186 Å². The van der Waals surface area contributed by atoms with Gasteiger partial charge in [0.2, 0.25) is 0 Å². The van der Waals surface area contributed by atoms with E-state index in [4.69, 9.17) is 22.1 Å². The van der Waals surface area contributed by atoms with Crippen molar-refractivity contribution >= 4 is 17.5 Å². The van der Waals surface area contributed by atoms with Gasteiger partial charge in [0.25, 0.3) is 5.91 Å². The fourth-order valence-corrected chi connectivity index (χ4v) is 4.59. The first-order chi connectivity index (χ1) is 14.6. The number of fused-ring (bicyclic) bond motifs is 2. The lowest BCUT2D eigenvalue weighted by Gasteiger charge is -2.39. The zero-order valence-corrected chi connectivity index (χ0v) is 18.5. The van der Waals surface area contributed by atoms with Crippen LogP contribution in [0, 0.1) is 0 Å². The second-order valence-electron chi connectivity index (χ2n) is 9.14. The number of carbonyl (C=O) groups is 1. The molecule has 1 aromatic heterocycles. The van der Waals surface area contributed by atoms with Gasteiger partial charge in [-0.05, 0) is 49.9 Å². The van der Waals surface area contributed by atoms with E-state index >= 15 is 0 Å². The molecule has 1 spiro atoms. The predicted molar refractivity (Wildman–Crippen MR) is 115 cm³/mol. The number of carbonyl (C=O) groups excluding carboxylic acids is 1. The highest BCUT2D eigenvalue weighted by molar-refractivity contribution is 6.30. The van der Waals surface area contributed by atoms with E-state index in [9.17, 15) is 15.0 Å². The summed E-state index contributed by atoms with van der Waals surface area (Å²) in [5.41, 5.74) is 6.67. The first-order valence-corrected chi connectivity index (χ1v) is 10.9. The molecule has 31 heavy (non-hydrogen) atoms. The Morgan fingerprint density at radius 2 is 2.13 bits per heavy atom. The average Bonchev–Trinajstić information content (AvgIpc) is 3.26. The van der Waals surface area contributed by atoms with E-state index in [-0.39, 0.29) is 6.54 Å². The Kier molecular flexibility index (Phi) is 5.87. The second-order valence-corrected chi connectivity index (χ2v) is 9.58. The molecular weight excluding hydrogens is 420 g/mol. The second kappa shape index (κ2) is 8.18. The lowest BCUT2D eigenvalue weighted by Crippen LogP contribution is -2.42. The maximum atomic E-state index is 11.9. The van der Waals surface area contributed by atoms with Crippen LogP contribution < -0.4 is 5.73 Å². The van der Waals surface area contributed by atoms with Crippen LogP contribution in [-0.2, 0) is 28.2 Å². The van der Waals surface area contributed by atoms with Crippen molar-refractivity contribution in [1.82, 2.24) is 14.7 Å². The van der Waals surface area contributed by atoms with Gasteiger partial charge in [-0.15, -0.1) is 0 Å². The molecule has 1 aromatic carbocycles. The van der Waals surface area contributed by atoms with Crippen LogP contribution in [0.15, 0.2) is 30.6 Å². The Morgan fingerprint density at radius 3 is 2.77 bits per heavy atom. The van der Waals surface area contributed by atoms with E-state index in [2.05, 4.69) is 10.00 Å². The van der Waals surface area contributed by atoms with Gasteiger partial charge in [0, 0.05) is 36.4 Å². The summed E-state index contributed by atoms with van der Waals surface area (Å²) >= 11 is 6.23. The molecule has 0 radical (unpaired) electrons. The van der Waals surface area contributed by atoms with Gasteiger partial charge < -0.3 is 20.7 Å². The number of aliphatic hydroxyl groups excluding tert-OH is 1. The molecule has 8 nitrogen and oxygen atoms in total. The van der Waals surface area contributed by atoms with Crippen LogP contribution in [0.5, 0.6) is 0 Å². The smallest absolute Gasteiger partial charge is 0.251 e. The van der Waals surface area contributed by atoms with E-state index in [0.717, 1.165) is 49.2 Å². The topological polar surface area (TPSA) is 114 Å². The van der Waals surface area contributed by atoms with E-state index in [1.165, 1.54) is 0 Å². The van der Waals surface area contributed by atoms with E-state index < -0.39 is 29.3 Å². The predicted octanol–water partition coefficient (Wildman–Crippen LogP) is 1.72. The van der Waals surface area contributed by atoms with Crippen LogP contribution in [0.4, 0.5) is 0 Å². The number of piperidine rings is 1. The molecule has 2 atom stereocenters. The van der Waals surface area contributed by atoms with Crippen molar-refractivity contribution in [3.05, 3.63) is 52.3 Å². The van der Waals surface area contributed by atoms with Crippen molar-refractivity contribution in [2.24, 2.45) is 5.73 Å². The summed E-state index contributed by atoms with van der Waals surface area (Å²) in [6.45, 7) is 5.67. The number of nitrogens with two attached hydrogens (primary N) is 1. The summed E-state index contributed by atoms with van der Waals surface area (Å²) in [6, 6.07) is 5.50. The van der Waals surface area contributed by atoms with Gasteiger partial charge in [-0.2, -0.15) is 5.10 Å². The zero-order valence-electron chi connectivity index (χ0n) is 17.8. The van der Waals surface area contributed by atoms with Crippen LogP contribution in [0.1, 0.15) is 49.5 Å². The molecule has 0 bridgehead atoms. The van der Waals surface area contributed by atoms with Crippen LogP contribution in [0.3, 0.4) is 0 Å². The fraction of sp³-hybridized carbons (Fsp3) is 0.545. The van der Waals surface area contributed by atoms with Gasteiger partial charge in [0.15, 0.2) is 6.10 Å². The van der Waals surface area contributed by atoms with E-state index in [0.29, 0.717) is 5.02 Å². The molecular formula is C22H29ClN4O4. The minimum atomic E-state index is -1.18. The maximum Gasteiger partial charge on any atom is 0.251 e. The highest BCUT2D eigenvalue weighted by atomic mass is 35.5. The summed E-state index contributed by atoms with van der Waals surface area (Å²) in [5.74, 6) is -0.483. The van der Waals surface area contributed by atoms with Crippen molar-refractivity contribution in [3.63, 3.8) is 0 Å². The molecule has 1 saturated heterocycles. The largest absolute Gasteiger partial charge is 0.388 e. The summed E-state index contributed by atoms with van der Waals surface area (Å²) in [6.07, 6.45) is 3.50. The van der Waals surface area contributed by atoms with Crippen LogP contribution in [0.25, 0.3) is 0 Å². The van der Waals surface area contributed by atoms with Crippen LogP contribution in [-0.4, -0.2) is 55.6 Å². The highest BCUT2D eigenvalue weighted by Crippen LogP contribution is 2.50. The first kappa shape index (κ1) is 22.2. The van der Waals surface area contributed by atoms with Crippen molar-refractivity contribution in [3.8, 4) is 0 Å². The fourth-order valence-electron chi connectivity index (χ4n) is 4.42. The number of nitrogens with zero attached hydrogens (tertiary/aromatic N) is 3. The number of rotatable bonds is 6. The summed E-state index contributed by atoms with van der Waals surface area (Å²) in [7, 11) is 0. The van der Waals surface area contributed by atoms with Crippen molar-refractivity contribution in [2.45, 2.75) is 63.2 Å². The third kappa shape index (κ3) is 4.49. The lowest BCUT2D eigenvalue weighted by molar-refractivity contribution is -0.148. The number of aromatic nitrogens is 2. The normalized spacial score (nSPS) is 21.9. The maximum absolute atomic E-state index is 11.9. The lowest BCUT2D eigenvalue weighted by atomic mass is 9.83. The molecule has 2 aliphatic heterocycles. The van der Waals surface area contributed by atoms with Crippen molar-refractivity contribution in [1.29, 1.82) is 0 Å². The molecule has 4 rings (SSSR count). The molecule has 1 amide bonds. The zero-order chi connectivity index (χ0) is 22.4. The molecule has 0 aliphatic carbocycles. The van der Waals surface area contributed by atoms with E-state index in [1.54, 1.807) is 30.8 Å². The van der Waals surface area contributed by atoms with E-state index in [1.807, 2.05) is 18.3 Å². The number of ether oxygens (including phenoxy) is 1. The quantitative estimate of drug-likeness (QED) is 0.620. The van der Waals surface area contributed by atoms with Gasteiger partial charge in [-0.3, -0.25) is 14.4 Å². The highest BCUT2D eigenvalue weighted by Gasteiger charge is 2.48. The number of aliphatic hydroxyl groups is 2. The Bertz CT molecular complexity index is 963. The molecule has 2 aromatic rings. The summed E-state index contributed by atoms with van der Waals surface area (Å²) in [4.78, 5) is 14.2. The molecule has 1 unspecified atom stereocenters. The van der Waals surface area contributed by atoms with Gasteiger partial charge in [-0.1, -0.05) is 17.7 Å². The molecule has 1 fully saturated rings. The molecule has 9 heteroatoms. The number of amides is 1. The number of benzene rings is 1. The number of halogens is 1. The van der Waals surface area contributed by atoms with Gasteiger partial charge >= 0.3 is 0 Å². The molecule has 3 heterocycles. The Balaban J connectivity index is 1.41. The number of hydrogen-bond donors (Lipinski definition) is 3. The molecule has 0 saturated carbocycles. The summed E-state index contributed by atoms with van der Waals surface area (Å²) < 4.78 is 7.88. The molecule has 2 aliphatic rings. The summed E-state index contributed by atoms with van der Waals surface area (Å²) in [5, 5.41) is 24.9. The third-order valence-electron chi connectivity index (χ3n) is 6.32. The monoisotopic (exact) mass is 448 g/mol. The SMILES string of the molecule is CC(C)(O)[C@@H](O)Cn1cc(CN2CCC3(CC2)OC(C(N)=O)c2ccc(Cl)cc23)cn1. The van der Waals surface area contributed by atoms with Crippen LogP contribution >= 0.6 is 11.6 Å². The van der Waals surface area contributed by atoms with Gasteiger partial charge in [0.05, 0.1) is 23.9 Å². The van der Waals surface area contributed by atoms with Gasteiger partial charge in [0.1, 0.15) is 6.10 Å². The number of likely N-dealkylation sites (tertiary alicyclic amines) is 1. The van der Waals surface area contributed by atoms with Crippen molar-refractivity contribution in [2.75, 3.05) is 13.1 Å². The Morgan fingerprint density at radius 1 is 1.42 bits per heavy atom. The minimum absolute atomic E-state index is 0.229. The first-order valence-electron chi connectivity index (χ1n) is 10.5. The van der Waals surface area contributed by atoms with Gasteiger partial charge in [-0.25, -0.2) is 0 Å². The van der Waals surface area contributed by atoms with Crippen molar-refractivity contribution < 1.29 is 19.7 Å². The Hall–Kier alpha value is -1.97. The third-order valence-corrected chi connectivity index (χ3v) is 6.56. The standard InChI is InChI=1S/C22H29ClN4O4/c1-21(2,30)18(28)13-27-12-14(10-25-27)11-26-7-5-22(6-8-26)17-9-15(23)3-4-16(17)19(31-22)20(24)29/h3-4,9-10,12,18-19,28,30H,5-8,11,13H2,1-2H3,(H2,24,29)/t18-,19?/m0/s1. The minimum Gasteiger partial charge on any atom is -0.388 e. The van der Waals surface area contributed by atoms with Crippen LogP contribution in [0.2, 0.25) is 5.02 Å². The molecule has 4 N–H and O–H groups in total. The number of hydrogen-bond acceptors (Lipinski definition) is 6.